The molecule has 0 radical (unpaired) electrons. The van der Waals surface area contributed by atoms with Crippen molar-refractivity contribution in [2.24, 2.45) is 5.92 Å². The molecule has 96 valence electrons. The van der Waals surface area contributed by atoms with Crippen molar-refractivity contribution < 1.29 is 5.11 Å². The molecule has 0 aliphatic heterocycles. The second-order valence-electron chi connectivity index (χ2n) is 4.95. The molecule has 0 saturated heterocycles. The molecule has 0 heterocycles. The van der Waals surface area contributed by atoms with Gasteiger partial charge in [-0.25, -0.2) is 0 Å². The van der Waals surface area contributed by atoms with E-state index >= 15 is 0 Å². The van der Waals surface area contributed by atoms with Gasteiger partial charge in [0.25, 0.3) is 0 Å². The fourth-order valence-corrected chi connectivity index (χ4v) is 1.92. The molecule has 1 atom stereocenters. The van der Waals surface area contributed by atoms with Gasteiger partial charge < -0.3 is 10.0 Å². The second kappa shape index (κ2) is 7.46. The van der Waals surface area contributed by atoms with E-state index in [2.05, 4.69) is 50.1 Å². The normalized spacial score (nSPS) is 13.0. The zero-order chi connectivity index (χ0) is 12.7. The molecule has 1 rings (SSSR count). The number of nitrogens with zero attached hydrogens (tertiary/aromatic N) is 1. The lowest BCUT2D eigenvalue weighted by Gasteiger charge is -2.21. The van der Waals surface area contributed by atoms with Crippen molar-refractivity contribution in [1.29, 1.82) is 0 Å². The molecule has 0 bridgehead atoms. The van der Waals surface area contributed by atoms with Crippen LogP contribution in [0.4, 0.5) is 0 Å². The van der Waals surface area contributed by atoms with Crippen LogP contribution in [0.25, 0.3) is 0 Å². The topological polar surface area (TPSA) is 23.5 Å². The molecule has 0 spiro atoms. The number of benzene rings is 1. The third-order valence-electron chi connectivity index (χ3n) is 3.31. The van der Waals surface area contributed by atoms with Gasteiger partial charge in [0, 0.05) is 19.7 Å². The molecule has 1 N–H and O–H groups in total. The molecular formula is C15H25NO. The highest BCUT2D eigenvalue weighted by molar-refractivity contribution is 5.21. The van der Waals surface area contributed by atoms with Gasteiger partial charge in [0.1, 0.15) is 0 Å². The minimum atomic E-state index is 0.297. The van der Waals surface area contributed by atoms with Gasteiger partial charge in [-0.05, 0) is 38.3 Å². The van der Waals surface area contributed by atoms with Crippen LogP contribution in [-0.2, 0) is 6.42 Å². The Morgan fingerprint density at radius 2 is 1.88 bits per heavy atom. The quantitative estimate of drug-likeness (QED) is 0.785. The third kappa shape index (κ3) is 5.33. The van der Waals surface area contributed by atoms with Crippen LogP contribution >= 0.6 is 0 Å². The van der Waals surface area contributed by atoms with Crippen LogP contribution in [0.5, 0.6) is 0 Å². The summed E-state index contributed by atoms with van der Waals surface area (Å²) >= 11 is 0. The lowest BCUT2D eigenvalue weighted by Crippen LogP contribution is -2.29. The van der Waals surface area contributed by atoms with Crippen LogP contribution in [0.1, 0.15) is 24.5 Å². The Morgan fingerprint density at radius 1 is 1.24 bits per heavy atom. The average molecular weight is 235 g/mol. The Kier molecular flexibility index (Phi) is 6.23. The van der Waals surface area contributed by atoms with Crippen LogP contribution in [0.2, 0.25) is 0 Å². The summed E-state index contributed by atoms with van der Waals surface area (Å²) in [7, 11) is 2.13. The smallest absolute Gasteiger partial charge is 0.0471 e. The van der Waals surface area contributed by atoms with Gasteiger partial charge in [-0.15, -0.1) is 0 Å². The number of aryl methyl sites for hydroxylation is 1. The Morgan fingerprint density at radius 3 is 2.41 bits per heavy atom. The molecule has 1 aromatic carbocycles. The fourth-order valence-electron chi connectivity index (χ4n) is 1.92. The molecule has 0 aliphatic rings. The van der Waals surface area contributed by atoms with Gasteiger partial charge in [-0.2, -0.15) is 0 Å². The zero-order valence-electron chi connectivity index (χ0n) is 11.3. The molecule has 0 aliphatic carbocycles. The molecule has 0 aromatic heterocycles. The van der Waals surface area contributed by atoms with Crippen LogP contribution in [-0.4, -0.2) is 36.8 Å². The van der Waals surface area contributed by atoms with Gasteiger partial charge in [0.15, 0.2) is 0 Å². The highest BCUT2D eigenvalue weighted by Crippen LogP contribution is 2.07. The molecular weight excluding hydrogens is 210 g/mol. The van der Waals surface area contributed by atoms with E-state index in [1.54, 1.807) is 0 Å². The lowest BCUT2D eigenvalue weighted by molar-refractivity contribution is 0.177. The summed E-state index contributed by atoms with van der Waals surface area (Å²) in [6.45, 7) is 6.58. The van der Waals surface area contributed by atoms with E-state index in [4.69, 9.17) is 5.11 Å². The van der Waals surface area contributed by atoms with Gasteiger partial charge in [-0.1, -0.05) is 36.8 Å². The molecule has 1 aromatic rings. The molecule has 1 unspecified atom stereocenters. The van der Waals surface area contributed by atoms with Gasteiger partial charge in [-0.3, -0.25) is 0 Å². The van der Waals surface area contributed by atoms with Gasteiger partial charge in [0.2, 0.25) is 0 Å². The van der Waals surface area contributed by atoms with Crippen molar-refractivity contribution >= 4 is 0 Å². The van der Waals surface area contributed by atoms with Crippen LogP contribution in [0.3, 0.4) is 0 Å². The SMILES string of the molecule is CCC(CO)CN(C)CCc1ccc(C)cc1. The number of likely N-dealkylation sites (N-methyl/N-ethyl adjacent to an activating group) is 1. The Balaban J connectivity index is 2.32. The summed E-state index contributed by atoms with van der Waals surface area (Å²) in [5.41, 5.74) is 2.70. The highest BCUT2D eigenvalue weighted by atomic mass is 16.3. The largest absolute Gasteiger partial charge is 0.396 e. The van der Waals surface area contributed by atoms with E-state index in [-0.39, 0.29) is 0 Å². The third-order valence-corrected chi connectivity index (χ3v) is 3.31. The van der Waals surface area contributed by atoms with Crippen LogP contribution < -0.4 is 0 Å². The van der Waals surface area contributed by atoms with E-state index in [9.17, 15) is 0 Å². The number of aliphatic hydroxyl groups is 1. The maximum atomic E-state index is 9.16. The Labute approximate surface area is 105 Å². The molecule has 0 saturated carbocycles. The van der Waals surface area contributed by atoms with Crippen molar-refractivity contribution in [3.63, 3.8) is 0 Å². The molecule has 2 nitrogen and oxygen atoms in total. The summed E-state index contributed by atoms with van der Waals surface area (Å²) in [4.78, 5) is 2.31. The van der Waals surface area contributed by atoms with Crippen molar-refractivity contribution in [3.05, 3.63) is 35.4 Å². The van der Waals surface area contributed by atoms with Crippen LogP contribution in [0.15, 0.2) is 24.3 Å². The maximum Gasteiger partial charge on any atom is 0.0471 e. The van der Waals surface area contributed by atoms with Crippen molar-refractivity contribution in [3.8, 4) is 0 Å². The van der Waals surface area contributed by atoms with Crippen LogP contribution in [0, 0.1) is 12.8 Å². The number of aliphatic hydroxyl groups excluding tert-OH is 1. The van der Waals surface area contributed by atoms with Crippen molar-refractivity contribution in [1.82, 2.24) is 4.90 Å². The minimum absolute atomic E-state index is 0.297. The zero-order valence-corrected chi connectivity index (χ0v) is 11.3. The summed E-state index contributed by atoms with van der Waals surface area (Å²) in [5.74, 6) is 0.415. The van der Waals surface area contributed by atoms with E-state index in [0.717, 1.165) is 25.9 Å². The number of rotatable bonds is 7. The summed E-state index contributed by atoms with van der Waals surface area (Å²) in [5, 5.41) is 9.16. The first kappa shape index (κ1) is 14.2. The number of hydrogen-bond acceptors (Lipinski definition) is 2. The minimum Gasteiger partial charge on any atom is -0.396 e. The van der Waals surface area contributed by atoms with E-state index < -0.39 is 0 Å². The molecule has 17 heavy (non-hydrogen) atoms. The van der Waals surface area contributed by atoms with Crippen molar-refractivity contribution in [2.75, 3.05) is 26.7 Å². The van der Waals surface area contributed by atoms with Gasteiger partial charge in [0.05, 0.1) is 0 Å². The summed E-state index contributed by atoms with van der Waals surface area (Å²) in [6.07, 6.45) is 2.13. The van der Waals surface area contributed by atoms with E-state index in [1.165, 1.54) is 11.1 Å². The molecule has 0 fully saturated rings. The maximum absolute atomic E-state index is 9.16. The lowest BCUT2D eigenvalue weighted by atomic mass is 10.1. The summed E-state index contributed by atoms with van der Waals surface area (Å²) in [6, 6.07) is 8.73. The average Bonchev–Trinajstić information content (AvgIpc) is 2.35. The summed E-state index contributed by atoms with van der Waals surface area (Å²) < 4.78 is 0. The first-order chi connectivity index (χ1) is 8.15. The predicted molar refractivity (Wildman–Crippen MR) is 73.2 cm³/mol. The second-order valence-corrected chi connectivity index (χ2v) is 4.95. The van der Waals surface area contributed by atoms with E-state index in [1.807, 2.05) is 0 Å². The number of hydrogen-bond donors (Lipinski definition) is 1. The first-order valence-corrected chi connectivity index (χ1v) is 6.50. The van der Waals surface area contributed by atoms with Gasteiger partial charge >= 0.3 is 0 Å². The van der Waals surface area contributed by atoms with Crippen molar-refractivity contribution in [2.45, 2.75) is 26.7 Å². The molecule has 0 amide bonds. The molecule has 2 heteroatoms. The first-order valence-electron chi connectivity index (χ1n) is 6.50. The fraction of sp³-hybridized carbons (Fsp3) is 0.600. The standard InChI is InChI=1S/C15H25NO/c1-4-14(12-17)11-16(3)10-9-15-7-5-13(2)6-8-15/h5-8,14,17H,4,9-12H2,1-3H3. The highest BCUT2D eigenvalue weighted by Gasteiger charge is 2.08. The Hall–Kier alpha value is -0.860. The predicted octanol–water partition coefficient (Wildman–Crippen LogP) is 2.49. The van der Waals surface area contributed by atoms with E-state index in [0.29, 0.717) is 12.5 Å². The monoisotopic (exact) mass is 235 g/mol. The Bertz CT molecular complexity index is 303.